The maximum absolute atomic E-state index is 13.2. The molecular formula is C20H15N5O7S2. The van der Waals surface area contributed by atoms with Crippen molar-refractivity contribution in [2.75, 3.05) is 12.1 Å². The number of ether oxygens (including phenoxy) is 2. The van der Waals surface area contributed by atoms with Crippen LogP contribution in [0.15, 0.2) is 39.3 Å². The first kappa shape index (κ1) is 21.7. The van der Waals surface area contributed by atoms with Crippen molar-refractivity contribution >= 4 is 39.7 Å². The van der Waals surface area contributed by atoms with Gasteiger partial charge in [0.15, 0.2) is 22.3 Å². The van der Waals surface area contributed by atoms with E-state index < -0.39 is 29.5 Å². The van der Waals surface area contributed by atoms with Crippen LogP contribution in [0, 0.1) is 0 Å². The lowest BCUT2D eigenvalue weighted by Gasteiger charge is -2.17. The monoisotopic (exact) mass is 501 g/mol. The van der Waals surface area contributed by atoms with Crippen molar-refractivity contribution < 1.29 is 29.3 Å². The number of carbonyl (C=O) groups excluding carboxylic acids is 1. The largest absolute Gasteiger partial charge is 0.493 e. The second-order valence-electron chi connectivity index (χ2n) is 7.10. The van der Waals surface area contributed by atoms with Crippen molar-refractivity contribution in [3.8, 4) is 28.6 Å². The number of hydrogen-bond acceptors (Lipinski definition) is 10. The second kappa shape index (κ2) is 8.64. The number of amides is 1. The highest BCUT2D eigenvalue weighted by Crippen LogP contribution is 2.38. The zero-order valence-electron chi connectivity index (χ0n) is 17.0. The molecule has 0 saturated carbocycles. The van der Waals surface area contributed by atoms with Crippen molar-refractivity contribution in [1.82, 2.24) is 19.5 Å². The third kappa shape index (κ3) is 3.99. The van der Waals surface area contributed by atoms with Gasteiger partial charge in [0.05, 0.1) is 11.2 Å². The van der Waals surface area contributed by atoms with Crippen LogP contribution in [-0.2, 0) is 11.2 Å². The number of aromatic amines is 1. The number of H-pyrrole nitrogens is 1. The molecular weight excluding hydrogens is 486 g/mol. The summed E-state index contributed by atoms with van der Waals surface area (Å²) in [6, 6.07) is 3.69. The van der Waals surface area contributed by atoms with E-state index in [-0.39, 0.29) is 29.7 Å². The molecule has 1 aliphatic heterocycles. The highest BCUT2D eigenvalue weighted by atomic mass is 32.1. The van der Waals surface area contributed by atoms with E-state index in [2.05, 4.69) is 20.3 Å². The van der Waals surface area contributed by atoms with Gasteiger partial charge in [-0.3, -0.25) is 4.79 Å². The summed E-state index contributed by atoms with van der Waals surface area (Å²) in [5.74, 6) is -1.36. The van der Waals surface area contributed by atoms with Gasteiger partial charge in [-0.05, 0) is 18.2 Å². The third-order valence-electron chi connectivity index (χ3n) is 5.02. The molecule has 0 unspecified atom stereocenters. The van der Waals surface area contributed by atoms with Crippen molar-refractivity contribution in [3.63, 3.8) is 0 Å². The molecule has 14 heteroatoms. The maximum Gasteiger partial charge on any atom is 0.355 e. The molecule has 174 valence electrons. The molecule has 0 spiro atoms. The Labute approximate surface area is 198 Å². The Morgan fingerprint density at radius 3 is 2.82 bits per heavy atom. The Balaban J connectivity index is 1.51. The number of nitrogens with one attached hydrogen (secondary N) is 2. The smallest absolute Gasteiger partial charge is 0.355 e. The van der Waals surface area contributed by atoms with E-state index in [0.29, 0.717) is 22.8 Å². The Morgan fingerprint density at radius 1 is 1.26 bits per heavy atom. The van der Waals surface area contributed by atoms with Gasteiger partial charge < -0.3 is 30.0 Å². The quantitative estimate of drug-likeness (QED) is 0.297. The Kier molecular flexibility index (Phi) is 5.51. The number of aromatic carboxylic acids is 1. The van der Waals surface area contributed by atoms with Crippen LogP contribution in [0.3, 0.4) is 0 Å². The minimum Gasteiger partial charge on any atom is -0.493 e. The van der Waals surface area contributed by atoms with Crippen LogP contribution in [0.5, 0.6) is 17.4 Å². The van der Waals surface area contributed by atoms with Gasteiger partial charge in [0, 0.05) is 22.7 Å². The van der Waals surface area contributed by atoms with Gasteiger partial charge in [0.2, 0.25) is 18.6 Å². The number of benzene rings is 1. The summed E-state index contributed by atoms with van der Waals surface area (Å²) in [4.78, 5) is 47.8. The molecule has 0 radical (unpaired) electrons. The summed E-state index contributed by atoms with van der Waals surface area (Å²) in [6.07, 6.45) is -0.00159. The average Bonchev–Trinajstić information content (AvgIpc) is 3.60. The number of carboxylic acids is 1. The SMILES string of the molecule is O=C(O)c1csc(NC(=O)[C@H](Cc2cscn2)n2c(O)c(-c3ccc4c(c3)OCO4)[nH]c2=O)n1. The van der Waals surface area contributed by atoms with Gasteiger partial charge >= 0.3 is 11.7 Å². The molecule has 0 saturated heterocycles. The lowest BCUT2D eigenvalue weighted by Crippen LogP contribution is -2.33. The number of fused-ring (bicyclic) bond motifs is 1. The molecule has 0 bridgehead atoms. The fourth-order valence-corrected chi connectivity index (χ4v) is 4.70. The molecule has 4 aromatic rings. The van der Waals surface area contributed by atoms with Crippen LogP contribution < -0.4 is 20.5 Å². The van der Waals surface area contributed by atoms with Crippen molar-refractivity contribution in [2.45, 2.75) is 12.5 Å². The molecule has 1 amide bonds. The highest BCUT2D eigenvalue weighted by Gasteiger charge is 2.30. The van der Waals surface area contributed by atoms with E-state index >= 15 is 0 Å². The zero-order chi connectivity index (χ0) is 23.8. The van der Waals surface area contributed by atoms with E-state index in [1.54, 1.807) is 29.1 Å². The number of imidazole rings is 1. The number of carboxylic acid groups (broad SMARTS) is 1. The number of aromatic hydroxyl groups is 1. The molecule has 0 fully saturated rings. The fourth-order valence-electron chi connectivity index (χ4n) is 3.44. The van der Waals surface area contributed by atoms with Gasteiger partial charge in [-0.15, -0.1) is 22.7 Å². The highest BCUT2D eigenvalue weighted by molar-refractivity contribution is 7.14. The topological polar surface area (TPSA) is 169 Å². The number of anilines is 1. The van der Waals surface area contributed by atoms with Crippen molar-refractivity contribution in [2.24, 2.45) is 0 Å². The van der Waals surface area contributed by atoms with Crippen LogP contribution in [0.25, 0.3) is 11.3 Å². The number of hydrogen-bond donors (Lipinski definition) is 4. The average molecular weight is 502 g/mol. The molecule has 5 rings (SSSR count). The van der Waals surface area contributed by atoms with E-state index in [0.717, 1.165) is 15.9 Å². The normalized spacial score (nSPS) is 13.1. The molecule has 4 heterocycles. The Morgan fingerprint density at radius 2 is 2.09 bits per heavy atom. The second-order valence-corrected chi connectivity index (χ2v) is 8.68. The summed E-state index contributed by atoms with van der Waals surface area (Å²) in [5, 5.41) is 25.6. The van der Waals surface area contributed by atoms with Crippen LogP contribution in [0.4, 0.5) is 5.13 Å². The van der Waals surface area contributed by atoms with E-state index in [1.807, 2.05) is 0 Å². The number of thiazole rings is 2. The molecule has 1 aliphatic rings. The third-order valence-corrected chi connectivity index (χ3v) is 6.41. The summed E-state index contributed by atoms with van der Waals surface area (Å²) in [6.45, 7) is 0.0680. The van der Waals surface area contributed by atoms with E-state index in [1.165, 1.54) is 16.7 Å². The summed E-state index contributed by atoms with van der Waals surface area (Å²) in [7, 11) is 0. The molecule has 1 aromatic carbocycles. The van der Waals surface area contributed by atoms with Gasteiger partial charge in [0.1, 0.15) is 11.7 Å². The Hall–Kier alpha value is -4.17. The predicted molar refractivity (Wildman–Crippen MR) is 121 cm³/mol. The first-order chi connectivity index (χ1) is 16.4. The molecule has 4 N–H and O–H groups in total. The molecule has 12 nitrogen and oxygen atoms in total. The minimum absolute atomic E-state index is 0.00159. The lowest BCUT2D eigenvalue weighted by molar-refractivity contribution is -0.119. The predicted octanol–water partition coefficient (Wildman–Crippen LogP) is 2.31. The van der Waals surface area contributed by atoms with Crippen molar-refractivity contribution in [1.29, 1.82) is 0 Å². The van der Waals surface area contributed by atoms with E-state index in [9.17, 15) is 19.5 Å². The van der Waals surface area contributed by atoms with Crippen molar-refractivity contribution in [3.05, 3.63) is 56.3 Å². The fraction of sp³-hybridized carbons (Fsp3) is 0.150. The summed E-state index contributed by atoms with van der Waals surface area (Å²) in [5.41, 5.74) is 1.74. The van der Waals surface area contributed by atoms with Crippen LogP contribution in [-0.4, -0.2) is 48.4 Å². The number of nitrogens with zero attached hydrogens (tertiary/aromatic N) is 3. The zero-order valence-corrected chi connectivity index (χ0v) is 18.7. The van der Waals surface area contributed by atoms with Crippen LogP contribution >= 0.6 is 22.7 Å². The van der Waals surface area contributed by atoms with Crippen LogP contribution in [0.2, 0.25) is 0 Å². The molecule has 0 aliphatic carbocycles. The van der Waals surface area contributed by atoms with Gasteiger partial charge in [-0.25, -0.2) is 24.1 Å². The van der Waals surface area contributed by atoms with Gasteiger partial charge in [0.25, 0.3) is 0 Å². The minimum atomic E-state index is -1.23. The maximum atomic E-state index is 13.2. The van der Waals surface area contributed by atoms with E-state index in [4.69, 9.17) is 14.6 Å². The first-order valence-electron chi connectivity index (χ1n) is 9.71. The standard InChI is InChI=1S/C20H15N5O7S2/c26-16(24-19-22-11(6-34-19)18(28)29)12(4-10-5-33-7-21-10)25-17(27)15(23-20(25)30)9-1-2-13-14(3-9)32-8-31-13/h1-3,5-7,12,27H,4,8H2,(H,23,30)(H,28,29)(H,22,24,26)/t12-/m0/s1. The number of rotatable bonds is 7. The van der Waals surface area contributed by atoms with Gasteiger partial charge in [-0.1, -0.05) is 0 Å². The number of aromatic nitrogens is 4. The molecule has 1 atom stereocenters. The lowest BCUT2D eigenvalue weighted by atomic mass is 10.1. The molecule has 3 aromatic heterocycles. The molecule has 34 heavy (non-hydrogen) atoms. The number of carbonyl (C=O) groups is 2. The summed E-state index contributed by atoms with van der Waals surface area (Å²) >= 11 is 2.25. The Bertz CT molecular complexity index is 1440. The van der Waals surface area contributed by atoms with Crippen LogP contribution in [0.1, 0.15) is 22.2 Å². The van der Waals surface area contributed by atoms with Gasteiger partial charge in [-0.2, -0.15) is 0 Å². The summed E-state index contributed by atoms with van der Waals surface area (Å²) < 4.78 is 11.6. The first-order valence-corrected chi connectivity index (χ1v) is 11.5.